The average Bonchev–Trinajstić information content (AvgIpc) is 2.91. The molecular weight excluding hydrogens is 533 g/mol. The molecule has 5 aromatic carbocycles. The van der Waals surface area contributed by atoms with E-state index in [0.717, 1.165) is 0 Å². The monoisotopic (exact) mass is 558 g/mol. The van der Waals surface area contributed by atoms with Crippen LogP contribution in [-0.2, 0) is 17.8 Å². The number of hydrogen-bond donors (Lipinski definition) is 0. The molecule has 0 N–H and O–H groups in total. The molecule has 0 saturated heterocycles. The molecule has 0 aliphatic heterocycles. The molecule has 0 bridgehead atoms. The second-order valence-electron chi connectivity index (χ2n) is 7.77. The Balaban J connectivity index is 1.76. The van der Waals surface area contributed by atoms with Gasteiger partial charge in [0.2, 0.25) is 0 Å². The molecule has 0 atom stereocenters. The summed E-state index contributed by atoms with van der Waals surface area (Å²) in [6.07, 6.45) is 0. The molecule has 0 spiro atoms. The molecule has 5 aromatic rings. The van der Waals surface area contributed by atoms with Gasteiger partial charge in [-0.15, -0.1) is 0 Å². The van der Waals surface area contributed by atoms with Crippen molar-refractivity contribution in [1.82, 2.24) is 0 Å². The second kappa shape index (κ2) is 10.6. The molecule has 0 aliphatic rings. The van der Waals surface area contributed by atoms with E-state index in [1.807, 2.05) is 152 Å². The molecule has 5 nitrogen and oxygen atoms in total. The SMILES string of the molecule is c1ccc([O][Nb]([O]c2ccccc2)([O]c2ccccc2)([O]c2ccccc2)[O]c2ccccc2)cc1. The molecule has 5 rings (SSSR count). The van der Waals surface area contributed by atoms with E-state index in [4.69, 9.17) is 16.2 Å². The van der Waals surface area contributed by atoms with Crippen LogP contribution < -0.4 is 16.2 Å². The van der Waals surface area contributed by atoms with Gasteiger partial charge in [-0.25, -0.2) is 0 Å². The molecule has 36 heavy (non-hydrogen) atoms. The van der Waals surface area contributed by atoms with Crippen LogP contribution in [0.4, 0.5) is 0 Å². The summed E-state index contributed by atoms with van der Waals surface area (Å²) >= 11 is -6.20. The van der Waals surface area contributed by atoms with Crippen LogP contribution in [-0.4, -0.2) is 0 Å². The Kier molecular flexibility index (Phi) is 6.96. The molecule has 0 amide bonds. The quantitative estimate of drug-likeness (QED) is 0.165. The van der Waals surface area contributed by atoms with Crippen molar-refractivity contribution in [3.8, 4) is 28.7 Å². The van der Waals surface area contributed by atoms with Crippen LogP contribution in [0.2, 0.25) is 0 Å². The Bertz CT molecular complexity index is 1090. The molecule has 0 unspecified atom stereocenters. The van der Waals surface area contributed by atoms with E-state index in [2.05, 4.69) is 0 Å². The Morgan fingerprint density at radius 2 is 0.417 bits per heavy atom. The first-order chi connectivity index (χ1) is 17.7. The van der Waals surface area contributed by atoms with Gasteiger partial charge in [-0.3, -0.25) is 0 Å². The van der Waals surface area contributed by atoms with Gasteiger partial charge >= 0.3 is 214 Å². The molecule has 180 valence electrons. The predicted molar refractivity (Wildman–Crippen MR) is 135 cm³/mol. The summed E-state index contributed by atoms with van der Waals surface area (Å²) in [4.78, 5) is 0. The summed E-state index contributed by atoms with van der Waals surface area (Å²) in [7, 11) is 0. The molecule has 0 heterocycles. The van der Waals surface area contributed by atoms with Gasteiger partial charge in [-0.1, -0.05) is 0 Å². The van der Waals surface area contributed by atoms with Crippen LogP contribution in [0.25, 0.3) is 0 Å². The Labute approximate surface area is 213 Å². The normalized spacial score (nSPS) is 11.9. The number of benzene rings is 5. The first-order valence-corrected chi connectivity index (χ1v) is 16.0. The van der Waals surface area contributed by atoms with Crippen molar-refractivity contribution < 1.29 is 34.0 Å². The maximum atomic E-state index is 6.72. The van der Waals surface area contributed by atoms with E-state index < -0.39 is 17.8 Å². The summed E-state index contributed by atoms with van der Waals surface area (Å²) in [5.74, 6) is 2.42. The van der Waals surface area contributed by atoms with Crippen LogP contribution in [0.5, 0.6) is 28.7 Å². The Morgan fingerprint density at radius 3 is 0.583 bits per heavy atom. The van der Waals surface area contributed by atoms with E-state index in [1.54, 1.807) is 0 Å². The first kappa shape index (κ1) is 23.6. The van der Waals surface area contributed by atoms with Crippen molar-refractivity contribution in [2.75, 3.05) is 0 Å². The number of rotatable bonds is 10. The van der Waals surface area contributed by atoms with Gasteiger partial charge in [0, 0.05) is 0 Å². The predicted octanol–water partition coefficient (Wildman–Crippen LogP) is 7.65. The van der Waals surface area contributed by atoms with Crippen molar-refractivity contribution in [3.05, 3.63) is 152 Å². The van der Waals surface area contributed by atoms with E-state index in [-0.39, 0.29) is 0 Å². The molecule has 0 radical (unpaired) electrons. The minimum atomic E-state index is -6.20. The summed E-state index contributed by atoms with van der Waals surface area (Å²) in [5.41, 5.74) is 0. The Hall–Kier alpha value is -4.16. The topological polar surface area (TPSA) is 46.2 Å². The van der Waals surface area contributed by atoms with Crippen LogP contribution >= 0.6 is 0 Å². The van der Waals surface area contributed by atoms with E-state index in [0.29, 0.717) is 28.7 Å². The van der Waals surface area contributed by atoms with Crippen LogP contribution in [0, 0.1) is 0 Å². The fourth-order valence-corrected chi connectivity index (χ4v) is 10.1. The molecule has 6 heteroatoms. The third kappa shape index (κ3) is 5.73. The zero-order chi connectivity index (χ0) is 24.5. The first-order valence-electron chi connectivity index (χ1n) is 11.5. The van der Waals surface area contributed by atoms with Gasteiger partial charge in [0.1, 0.15) is 0 Å². The van der Waals surface area contributed by atoms with Crippen LogP contribution in [0.3, 0.4) is 0 Å². The molecule has 0 fully saturated rings. The Morgan fingerprint density at radius 1 is 0.250 bits per heavy atom. The third-order valence-corrected chi connectivity index (χ3v) is 11.2. The van der Waals surface area contributed by atoms with Crippen LogP contribution in [0.1, 0.15) is 0 Å². The van der Waals surface area contributed by atoms with Gasteiger partial charge in [0.05, 0.1) is 0 Å². The zero-order valence-corrected chi connectivity index (χ0v) is 21.6. The summed E-state index contributed by atoms with van der Waals surface area (Å²) in [5, 5.41) is 0. The van der Waals surface area contributed by atoms with Gasteiger partial charge in [-0.05, 0) is 0 Å². The third-order valence-electron chi connectivity index (χ3n) is 4.99. The second-order valence-corrected chi connectivity index (χ2v) is 13.7. The fourth-order valence-electron chi connectivity index (χ4n) is 3.45. The molecule has 0 saturated carbocycles. The van der Waals surface area contributed by atoms with Gasteiger partial charge < -0.3 is 0 Å². The average molecular weight is 558 g/mol. The van der Waals surface area contributed by atoms with Crippen molar-refractivity contribution in [2.24, 2.45) is 0 Å². The maximum absolute atomic E-state index is 6.72. The standard InChI is InChI=1S/5C6H6O.Nb/c5*7-6-4-2-1-3-5-6;/h5*1-5,7H;/q;;;;;+5/p-5. The molecular formula is C30H25NbO5. The van der Waals surface area contributed by atoms with Crippen molar-refractivity contribution >= 4 is 0 Å². The van der Waals surface area contributed by atoms with Gasteiger partial charge in [0.15, 0.2) is 0 Å². The number of hydrogen-bond acceptors (Lipinski definition) is 5. The van der Waals surface area contributed by atoms with Gasteiger partial charge in [0.25, 0.3) is 0 Å². The zero-order valence-electron chi connectivity index (χ0n) is 19.4. The fraction of sp³-hybridized carbons (Fsp3) is 0. The van der Waals surface area contributed by atoms with Crippen molar-refractivity contribution in [1.29, 1.82) is 0 Å². The van der Waals surface area contributed by atoms with Gasteiger partial charge in [-0.2, -0.15) is 0 Å². The van der Waals surface area contributed by atoms with Crippen molar-refractivity contribution in [2.45, 2.75) is 0 Å². The van der Waals surface area contributed by atoms with E-state index in [9.17, 15) is 0 Å². The van der Waals surface area contributed by atoms with E-state index in [1.165, 1.54) is 0 Å². The number of para-hydroxylation sites is 5. The molecule has 0 aliphatic carbocycles. The van der Waals surface area contributed by atoms with E-state index >= 15 is 0 Å². The summed E-state index contributed by atoms with van der Waals surface area (Å²) in [6, 6.07) is 46.4. The van der Waals surface area contributed by atoms with Crippen molar-refractivity contribution in [3.63, 3.8) is 0 Å². The summed E-state index contributed by atoms with van der Waals surface area (Å²) in [6.45, 7) is 0. The van der Waals surface area contributed by atoms with Crippen LogP contribution in [0.15, 0.2) is 152 Å². The summed E-state index contributed by atoms with van der Waals surface area (Å²) < 4.78 is 33.6. The minimum absolute atomic E-state index is 0.484. The molecule has 0 aromatic heterocycles.